The van der Waals surface area contributed by atoms with Gasteiger partial charge in [0, 0.05) is 0 Å². The standard InChI is InChI=1S/C7H16O3Si4/c1-11-8-13-10-14-9-12-7-5-3-2-4-6-7/h2-6H,11-14H2,1H3. The van der Waals surface area contributed by atoms with Crippen LogP contribution in [-0.4, -0.2) is 39.5 Å². The van der Waals surface area contributed by atoms with Crippen LogP contribution in [0.3, 0.4) is 0 Å². The highest BCUT2D eigenvalue weighted by Gasteiger charge is 1.93. The molecule has 0 saturated carbocycles. The fourth-order valence-corrected chi connectivity index (χ4v) is 6.71. The topological polar surface area (TPSA) is 27.7 Å². The van der Waals surface area contributed by atoms with Gasteiger partial charge in [-0.05, 0) is 5.19 Å². The predicted octanol–water partition coefficient (Wildman–Crippen LogP) is -2.42. The molecule has 0 atom stereocenters. The van der Waals surface area contributed by atoms with Crippen molar-refractivity contribution in [2.24, 2.45) is 0 Å². The summed E-state index contributed by atoms with van der Waals surface area (Å²) in [5, 5.41) is 1.34. The van der Waals surface area contributed by atoms with E-state index in [9.17, 15) is 0 Å². The lowest BCUT2D eigenvalue weighted by atomic mass is 10.4. The molecule has 0 aromatic heterocycles. The summed E-state index contributed by atoms with van der Waals surface area (Å²) in [5.41, 5.74) is 0. The monoisotopic (exact) mass is 260 g/mol. The zero-order valence-corrected chi connectivity index (χ0v) is 14.1. The van der Waals surface area contributed by atoms with E-state index in [4.69, 9.17) is 12.3 Å². The summed E-state index contributed by atoms with van der Waals surface area (Å²) >= 11 is 0. The third kappa shape index (κ3) is 5.65. The van der Waals surface area contributed by atoms with E-state index in [1.54, 1.807) is 0 Å². The van der Waals surface area contributed by atoms with Crippen LogP contribution >= 0.6 is 0 Å². The Labute approximate surface area is 94.2 Å². The highest BCUT2D eigenvalue weighted by Crippen LogP contribution is 1.81. The van der Waals surface area contributed by atoms with Gasteiger partial charge in [-0.15, -0.1) is 0 Å². The smallest absolute Gasteiger partial charge is 0.284 e. The van der Waals surface area contributed by atoms with E-state index in [-0.39, 0.29) is 9.76 Å². The van der Waals surface area contributed by atoms with E-state index in [2.05, 4.69) is 30.8 Å². The fourth-order valence-electron chi connectivity index (χ4n) is 0.969. The first kappa shape index (κ1) is 12.0. The number of hydrogen-bond donors (Lipinski definition) is 0. The second-order valence-electron chi connectivity index (χ2n) is 2.77. The third-order valence-corrected chi connectivity index (χ3v) is 7.57. The molecule has 0 N–H and O–H groups in total. The van der Waals surface area contributed by atoms with Gasteiger partial charge in [0.05, 0.1) is 0 Å². The van der Waals surface area contributed by atoms with Gasteiger partial charge >= 0.3 is 0 Å². The van der Waals surface area contributed by atoms with Crippen LogP contribution < -0.4 is 5.19 Å². The van der Waals surface area contributed by atoms with Crippen LogP contribution in [0.1, 0.15) is 0 Å². The molecule has 0 aliphatic carbocycles. The van der Waals surface area contributed by atoms with Gasteiger partial charge in [0.25, 0.3) is 20.0 Å². The van der Waals surface area contributed by atoms with E-state index >= 15 is 0 Å². The first-order valence-electron chi connectivity index (χ1n) is 4.70. The van der Waals surface area contributed by atoms with E-state index < -0.39 is 29.8 Å². The summed E-state index contributed by atoms with van der Waals surface area (Å²) < 4.78 is 16.3. The van der Waals surface area contributed by atoms with Crippen molar-refractivity contribution in [2.45, 2.75) is 6.55 Å². The Morgan fingerprint density at radius 2 is 1.64 bits per heavy atom. The lowest BCUT2D eigenvalue weighted by Crippen LogP contribution is -2.21. The first-order chi connectivity index (χ1) is 6.93. The molecule has 1 aromatic rings. The molecule has 3 nitrogen and oxygen atoms in total. The molecule has 1 rings (SSSR count). The van der Waals surface area contributed by atoms with Gasteiger partial charge < -0.3 is 12.3 Å². The van der Waals surface area contributed by atoms with Gasteiger partial charge in [-0.3, -0.25) is 0 Å². The van der Waals surface area contributed by atoms with E-state index in [1.807, 2.05) is 6.07 Å². The van der Waals surface area contributed by atoms with Crippen LogP contribution in [-0.2, 0) is 12.3 Å². The highest BCUT2D eigenvalue weighted by molar-refractivity contribution is 6.54. The molecular weight excluding hydrogens is 244 g/mol. The number of hydrogen-bond acceptors (Lipinski definition) is 3. The molecule has 0 aliphatic rings. The van der Waals surface area contributed by atoms with Crippen LogP contribution in [0.5, 0.6) is 0 Å². The number of rotatable bonds is 7. The maximum Gasteiger partial charge on any atom is 0.284 e. The minimum Gasteiger partial charge on any atom is -0.447 e. The molecule has 0 aliphatic heterocycles. The molecule has 7 heteroatoms. The fraction of sp³-hybridized carbons (Fsp3) is 0.143. The normalized spacial score (nSPS) is 13.8. The van der Waals surface area contributed by atoms with Crippen molar-refractivity contribution in [1.29, 1.82) is 0 Å². The molecule has 0 bridgehead atoms. The van der Waals surface area contributed by atoms with E-state index in [0.717, 1.165) is 0 Å². The molecule has 0 spiro atoms. The maximum atomic E-state index is 5.59. The van der Waals surface area contributed by atoms with Crippen molar-refractivity contribution in [3.8, 4) is 0 Å². The lowest BCUT2D eigenvalue weighted by Gasteiger charge is -2.04. The minimum absolute atomic E-state index is 0.256. The number of benzene rings is 1. The average molecular weight is 261 g/mol. The summed E-state index contributed by atoms with van der Waals surface area (Å²) in [4.78, 5) is 0. The maximum absolute atomic E-state index is 5.59. The highest BCUT2D eigenvalue weighted by atomic mass is 28.4. The predicted molar refractivity (Wildman–Crippen MR) is 69.4 cm³/mol. The molecule has 0 fully saturated rings. The largest absolute Gasteiger partial charge is 0.447 e. The van der Waals surface area contributed by atoms with Gasteiger partial charge in [0.1, 0.15) is 9.76 Å². The SMILES string of the molecule is C[SiH2]O[SiH2]O[SiH2]O[SiH2]c1ccccc1. The van der Waals surface area contributed by atoms with Crippen molar-refractivity contribution < 1.29 is 12.3 Å². The van der Waals surface area contributed by atoms with Gasteiger partial charge in [-0.25, -0.2) is 0 Å². The van der Waals surface area contributed by atoms with Crippen molar-refractivity contribution in [3.63, 3.8) is 0 Å². The van der Waals surface area contributed by atoms with Crippen LogP contribution in [0.4, 0.5) is 0 Å². The Morgan fingerprint density at radius 1 is 0.929 bits per heavy atom. The summed E-state index contributed by atoms with van der Waals surface area (Å²) in [6.07, 6.45) is 0. The van der Waals surface area contributed by atoms with E-state index in [1.165, 1.54) is 5.19 Å². The molecule has 0 saturated heterocycles. The molecule has 0 amide bonds. The molecule has 14 heavy (non-hydrogen) atoms. The summed E-state index contributed by atoms with van der Waals surface area (Å²) in [7, 11) is -2.19. The second-order valence-corrected chi connectivity index (χ2v) is 9.82. The third-order valence-electron chi connectivity index (χ3n) is 1.65. The zero-order chi connectivity index (χ0) is 10.1. The van der Waals surface area contributed by atoms with Gasteiger partial charge in [-0.1, -0.05) is 36.9 Å². The minimum atomic E-state index is -0.732. The summed E-state index contributed by atoms with van der Waals surface area (Å²) in [6.45, 7) is 2.12. The summed E-state index contributed by atoms with van der Waals surface area (Å²) in [6, 6.07) is 10.4. The Bertz CT molecular complexity index is 234. The zero-order valence-electron chi connectivity index (χ0n) is 8.44. The Kier molecular flexibility index (Phi) is 7.13. The lowest BCUT2D eigenvalue weighted by molar-refractivity contribution is 0.437. The molecule has 78 valence electrons. The Balaban J connectivity index is 1.99. The molecule has 0 heterocycles. The molecular formula is C7H16O3Si4. The van der Waals surface area contributed by atoms with Crippen LogP contribution in [0.25, 0.3) is 0 Å². The van der Waals surface area contributed by atoms with Gasteiger partial charge in [0.15, 0.2) is 9.76 Å². The Morgan fingerprint density at radius 3 is 2.36 bits per heavy atom. The van der Waals surface area contributed by atoms with Crippen molar-refractivity contribution in [3.05, 3.63) is 30.3 Å². The van der Waals surface area contributed by atoms with Gasteiger partial charge in [-0.2, -0.15) is 0 Å². The van der Waals surface area contributed by atoms with Gasteiger partial charge in [0.2, 0.25) is 0 Å². The van der Waals surface area contributed by atoms with Crippen LogP contribution in [0.15, 0.2) is 30.3 Å². The first-order valence-corrected chi connectivity index (χ1v) is 10.3. The second kappa shape index (κ2) is 8.29. The molecule has 0 radical (unpaired) electrons. The quantitative estimate of drug-likeness (QED) is 0.403. The molecule has 0 unspecified atom stereocenters. The van der Waals surface area contributed by atoms with Crippen molar-refractivity contribution in [1.82, 2.24) is 0 Å². The van der Waals surface area contributed by atoms with Crippen molar-refractivity contribution in [2.75, 3.05) is 0 Å². The van der Waals surface area contributed by atoms with Crippen molar-refractivity contribution >= 4 is 44.7 Å². The molecule has 1 aromatic carbocycles. The van der Waals surface area contributed by atoms with Crippen LogP contribution in [0.2, 0.25) is 6.55 Å². The summed E-state index contributed by atoms with van der Waals surface area (Å²) in [5.74, 6) is 0. The average Bonchev–Trinajstić information content (AvgIpc) is 2.25. The Hall–Kier alpha value is -0.0325. The van der Waals surface area contributed by atoms with E-state index in [0.29, 0.717) is 0 Å². The van der Waals surface area contributed by atoms with Crippen LogP contribution in [0, 0.1) is 0 Å².